The van der Waals surface area contributed by atoms with Crippen molar-refractivity contribution in [3.05, 3.63) is 23.8 Å². The van der Waals surface area contributed by atoms with Crippen molar-refractivity contribution in [2.75, 3.05) is 13.7 Å². The maximum atomic E-state index is 11.9. The van der Waals surface area contributed by atoms with Crippen LogP contribution in [0, 0.1) is 5.92 Å². The van der Waals surface area contributed by atoms with Crippen LogP contribution in [0.5, 0.6) is 11.5 Å². The van der Waals surface area contributed by atoms with Gasteiger partial charge in [0.2, 0.25) is 0 Å². The molecule has 0 unspecified atom stereocenters. The van der Waals surface area contributed by atoms with Crippen LogP contribution >= 0.6 is 0 Å². The second-order valence-corrected chi connectivity index (χ2v) is 4.57. The molecular weight excluding hydrogens is 248 g/mol. The zero-order valence-electron chi connectivity index (χ0n) is 11.3. The fraction of sp³-hybridized carbons (Fsp3) is 0.429. The molecular formula is C14H18O5. The van der Waals surface area contributed by atoms with Crippen molar-refractivity contribution in [2.24, 2.45) is 5.92 Å². The van der Waals surface area contributed by atoms with E-state index in [1.54, 1.807) is 18.2 Å². The summed E-state index contributed by atoms with van der Waals surface area (Å²) in [4.78, 5) is 22.4. The number of ether oxygens (including phenoxy) is 2. The Labute approximate surface area is 112 Å². The van der Waals surface area contributed by atoms with Crippen LogP contribution in [-0.4, -0.2) is 30.6 Å². The SMILES string of the molecule is COc1cc(C(=O)CC(C)C)ccc1OCC(=O)O. The number of hydrogen-bond donors (Lipinski definition) is 1. The van der Waals surface area contributed by atoms with Crippen LogP contribution in [-0.2, 0) is 4.79 Å². The molecule has 104 valence electrons. The van der Waals surface area contributed by atoms with E-state index in [4.69, 9.17) is 14.6 Å². The van der Waals surface area contributed by atoms with E-state index in [1.165, 1.54) is 7.11 Å². The van der Waals surface area contributed by atoms with Gasteiger partial charge in [-0.2, -0.15) is 0 Å². The van der Waals surface area contributed by atoms with Gasteiger partial charge in [0, 0.05) is 12.0 Å². The van der Waals surface area contributed by atoms with Gasteiger partial charge >= 0.3 is 5.97 Å². The second-order valence-electron chi connectivity index (χ2n) is 4.57. The number of ketones is 1. The lowest BCUT2D eigenvalue weighted by Crippen LogP contribution is -2.10. The number of carbonyl (C=O) groups excluding carboxylic acids is 1. The van der Waals surface area contributed by atoms with Gasteiger partial charge in [0.15, 0.2) is 23.9 Å². The van der Waals surface area contributed by atoms with Crippen molar-refractivity contribution in [3.8, 4) is 11.5 Å². The van der Waals surface area contributed by atoms with Crippen molar-refractivity contribution in [3.63, 3.8) is 0 Å². The Kier molecular flexibility index (Phi) is 5.36. The quantitative estimate of drug-likeness (QED) is 0.767. The van der Waals surface area contributed by atoms with Gasteiger partial charge in [-0.25, -0.2) is 4.79 Å². The summed E-state index contributed by atoms with van der Waals surface area (Å²) >= 11 is 0. The minimum absolute atomic E-state index is 0.0260. The number of carbonyl (C=O) groups is 2. The zero-order chi connectivity index (χ0) is 14.4. The molecule has 0 atom stereocenters. The number of carboxylic acids is 1. The average Bonchev–Trinajstić information content (AvgIpc) is 2.35. The van der Waals surface area contributed by atoms with Crippen LogP contribution in [0.1, 0.15) is 30.6 Å². The summed E-state index contributed by atoms with van der Waals surface area (Å²) in [6.45, 7) is 3.49. The lowest BCUT2D eigenvalue weighted by atomic mass is 10.0. The predicted molar refractivity (Wildman–Crippen MR) is 69.9 cm³/mol. The van der Waals surface area contributed by atoms with Crippen LogP contribution in [0.25, 0.3) is 0 Å². The van der Waals surface area contributed by atoms with Gasteiger partial charge in [0.05, 0.1) is 7.11 Å². The maximum Gasteiger partial charge on any atom is 0.341 e. The first-order valence-electron chi connectivity index (χ1n) is 6.00. The molecule has 5 heteroatoms. The van der Waals surface area contributed by atoms with Gasteiger partial charge in [0.1, 0.15) is 0 Å². The molecule has 5 nitrogen and oxygen atoms in total. The van der Waals surface area contributed by atoms with Gasteiger partial charge in [-0.05, 0) is 24.1 Å². The van der Waals surface area contributed by atoms with Crippen molar-refractivity contribution in [1.29, 1.82) is 0 Å². The fourth-order valence-electron chi connectivity index (χ4n) is 1.59. The molecule has 0 amide bonds. The van der Waals surface area contributed by atoms with Crippen LogP contribution in [0.15, 0.2) is 18.2 Å². The number of benzene rings is 1. The first kappa shape index (κ1) is 15.0. The monoisotopic (exact) mass is 266 g/mol. The van der Waals surface area contributed by atoms with E-state index >= 15 is 0 Å². The van der Waals surface area contributed by atoms with E-state index < -0.39 is 12.6 Å². The molecule has 0 aromatic heterocycles. The molecule has 0 saturated heterocycles. The van der Waals surface area contributed by atoms with Gasteiger partial charge < -0.3 is 14.6 Å². The lowest BCUT2D eigenvalue weighted by Gasteiger charge is -2.11. The van der Waals surface area contributed by atoms with Crippen molar-refractivity contribution >= 4 is 11.8 Å². The molecule has 0 fully saturated rings. The summed E-state index contributed by atoms with van der Waals surface area (Å²) in [5, 5.41) is 8.56. The molecule has 1 N–H and O–H groups in total. The van der Waals surface area contributed by atoms with Crippen molar-refractivity contribution < 1.29 is 24.2 Å². The molecule has 1 aromatic rings. The van der Waals surface area contributed by atoms with Crippen molar-refractivity contribution in [1.82, 2.24) is 0 Å². The number of hydrogen-bond acceptors (Lipinski definition) is 4. The molecule has 0 aliphatic rings. The first-order valence-corrected chi connectivity index (χ1v) is 6.00. The summed E-state index contributed by atoms with van der Waals surface area (Å²) in [6, 6.07) is 4.74. The molecule has 0 aliphatic heterocycles. The Bertz CT molecular complexity index is 465. The fourth-order valence-corrected chi connectivity index (χ4v) is 1.59. The summed E-state index contributed by atoms with van der Waals surface area (Å²) < 4.78 is 10.2. The minimum Gasteiger partial charge on any atom is -0.493 e. The number of Topliss-reactive ketones (excluding diaryl/α,β-unsaturated/α-hetero) is 1. The number of carboxylic acid groups (broad SMARTS) is 1. The third-order valence-corrected chi connectivity index (χ3v) is 2.43. The zero-order valence-corrected chi connectivity index (χ0v) is 11.3. The normalized spacial score (nSPS) is 10.3. The van der Waals surface area contributed by atoms with Crippen LogP contribution in [0.3, 0.4) is 0 Å². The van der Waals surface area contributed by atoms with E-state index in [0.29, 0.717) is 23.5 Å². The van der Waals surface area contributed by atoms with Gasteiger partial charge in [-0.1, -0.05) is 13.8 Å². The highest BCUT2D eigenvalue weighted by Crippen LogP contribution is 2.28. The molecule has 0 spiro atoms. The van der Waals surface area contributed by atoms with E-state index in [-0.39, 0.29) is 11.7 Å². The third-order valence-electron chi connectivity index (χ3n) is 2.43. The van der Waals surface area contributed by atoms with Crippen LogP contribution < -0.4 is 9.47 Å². The van der Waals surface area contributed by atoms with Gasteiger partial charge in [-0.15, -0.1) is 0 Å². The lowest BCUT2D eigenvalue weighted by molar-refractivity contribution is -0.139. The van der Waals surface area contributed by atoms with E-state index in [1.807, 2.05) is 13.8 Å². The van der Waals surface area contributed by atoms with E-state index in [2.05, 4.69) is 0 Å². The Hall–Kier alpha value is -2.04. The molecule has 0 saturated carbocycles. The van der Waals surface area contributed by atoms with Gasteiger partial charge in [0.25, 0.3) is 0 Å². The highest BCUT2D eigenvalue weighted by molar-refractivity contribution is 5.96. The average molecular weight is 266 g/mol. The highest BCUT2D eigenvalue weighted by Gasteiger charge is 2.13. The Morgan fingerprint density at radius 3 is 2.47 bits per heavy atom. The Morgan fingerprint density at radius 2 is 1.95 bits per heavy atom. The molecule has 0 aliphatic carbocycles. The smallest absolute Gasteiger partial charge is 0.341 e. The van der Waals surface area contributed by atoms with Crippen LogP contribution in [0.4, 0.5) is 0 Å². The standard InChI is InChI=1S/C14H18O5/c1-9(2)6-11(15)10-4-5-12(13(7-10)18-3)19-8-14(16)17/h4-5,7,9H,6,8H2,1-3H3,(H,16,17). The molecule has 0 bridgehead atoms. The summed E-state index contributed by atoms with van der Waals surface area (Å²) in [5.74, 6) is -0.0941. The molecule has 19 heavy (non-hydrogen) atoms. The number of methoxy groups -OCH3 is 1. The van der Waals surface area contributed by atoms with Crippen molar-refractivity contribution in [2.45, 2.75) is 20.3 Å². The van der Waals surface area contributed by atoms with E-state index in [0.717, 1.165) is 0 Å². The van der Waals surface area contributed by atoms with Crippen LogP contribution in [0.2, 0.25) is 0 Å². The van der Waals surface area contributed by atoms with Gasteiger partial charge in [-0.3, -0.25) is 4.79 Å². The predicted octanol–water partition coefficient (Wildman–Crippen LogP) is 2.39. The largest absolute Gasteiger partial charge is 0.493 e. The summed E-state index contributed by atoms with van der Waals surface area (Å²) in [5.41, 5.74) is 0.535. The summed E-state index contributed by atoms with van der Waals surface area (Å²) in [6.07, 6.45) is 0.457. The van der Waals surface area contributed by atoms with E-state index in [9.17, 15) is 9.59 Å². The third kappa shape index (κ3) is 4.62. The first-order chi connectivity index (χ1) is 8.93. The molecule has 0 radical (unpaired) electrons. The number of aliphatic carboxylic acids is 1. The summed E-state index contributed by atoms with van der Waals surface area (Å²) in [7, 11) is 1.44. The minimum atomic E-state index is -1.07. The topological polar surface area (TPSA) is 72.8 Å². The second kappa shape index (κ2) is 6.78. The Balaban J connectivity index is 2.89. The maximum absolute atomic E-state index is 11.9. The molecule has 0 heterocycles. The number of rotatable bonds is 7. The Morgan fingerprint density at radius 1 is 1.26 bits per heavy atom. The molecule has 1 aromatic carbocycles. The molecule has 1 rings (SSSR count). The highest BCUT2D eigenvalue weighted by atomic mass is 16.5.